The van der Waals surface area contributed by atoms with Crippen molar-refractivity contribution in [3.8, 4) is 0 Å². The Kier molecular flexibility index (Phi) is 5.39. The lowest BCUT2D eigenvalue weighted by molar-refractivity contribution is 0.102. The molecule has 2 aromatic rings. The highest BCUT2D eigenvalue weighted by Crippen LogP contribution is 2.21. The van der Waals surface area contributed by atoms with Crippen LogP contribution in [0, 0.1) is 0 Å². The first kappa shape index (κ1) is 17.5. The molecule has 2 aromatic carbocycles. The molecule has 1 amide bonds. The van der Waals surface area contributed by atoms with E-state index in [-0.39, 0.29) is 12.0 Å². The third-order valence-electron chi connectivity index (χ3n) is 4.79. The fourth-order valence-electron chi connectivity index (χ4n) is 3.10. The van der Waals surface area contributed by atoms with Crippen LogP contribution in [0.25, 0.3) is 0 Å². The van der Waals surface area contributed by atoms with Crippen molar-refractivity contribution >= 4 is 17.3 Å². The van der Waals surface area contributed by atoms with Gasteiger partial charge >= 0.3 is 0 Å². The summed E-state index contributed by atoms with van der Waals surface area (Å²) in [4.78, 5) is 14.7. The van der Waals surface area contributed by atoms with Crippen LogP contribution in [-0.4, -0.2) is 30.2 Å². The average Bonchev–Trinajstić information content (AvgIpc) is 2.63. The minimum atomic E-state index is -0.177. The lowest BCUT2D eigenvalue weighted by Crippen LogP contribution is -2.35. The molecule has 0 aliphatic carbocycles. The van der Waals surface area contributed by atoms with Crippen LogP contribution < -0.4 is 10.2 Å². The zero-order valence-electron chi connectivity index (χ0n) is 14.9. The van der Waals surface area contributed by atoms with Crippen LogP contribution >= 0.6 is 0 Å². The summed E-state index contributed by atoms with van der Waals surface area (Å²) in [5, 5.41) is 12.5. The number of amides is 1. The fraction of sp³-hybridized carbons (Fsp3) is 0.381. The summed E-state index contributed by atoms with van der Waals surface area (Å²) in [6, 6.07) is 15.7. The molecule has 132 valence electrons. The normalized spacial score (nSPS) is 15.4. The molecule has 4 nitrogen and oxygen atoms in total. The van der Waals surface area contributed by atoms with Crippen molar-refractivity contribution in [1.29, 1.82) is 0 Å². The van der Waals surface area contributed by atoms with Gasteiger partial charge in [-0.1, -0.05) is 26.0 Å². The summed E-state index contributed by atoms with van der Waals surface area (Å²) < 4.78 is 0. The second-order valence-corrected chi connectivity index (χ2v) is 7.00. The minimum Gasteiger partial charge on any atom is -0.393 e. The molecule has 25 heavy (non-hydrogen) atoms. The Hall–Kier alpha value is -2.33. The number of piperidine rings is 1. The molecule has 0 saturated carbocycles. The van der Waals surface area contributed by atoms with Crippen LogP contribution in [0.5, 0.6) is 0 Å². The first-order valence-electron chi connectivity index (χ1n) is 8.97. The van der Waals surface area contributed by atoms with E-state index in [1.54, 1.807) is 0 Å². The quantitative estimate of drug-likeness (QED) is 0.885. The smallest absolute Gasteiger partial charge is 0.255 e. The Balaban J connectivity index is 1.62. The number of aliphatic hydroxyl groups is 1. The lowest BCUT2D eigenvalue weighted by Gasteiger charge is -2.31. The molecule has 0 bridgehead atoms. The van der Waals surface area contributed by atoms with Gasteiger partial charge in [0.15, 0.2) is 0 Å². The van der Waals surface area contributed by atoms with Gasteiger partial charge < -0.3 is 15.3 Å². The maximum Gasteiger partial charge on any atom is 0.255 e. The van der Waals surface area contributed by atoms with E-state index >= 15 is 0 Å². The molecule has 0 atom stereocenters. The molecule has 4 heteroatoms. The van der Waals surface area contributed by atoms with Crippen LogP contribution in [0.15, 0.2) is 48.5 Å². The second-order valence-electron chi connectivity index (χ2n) is 7.00. The maximum absolute atomic E-state index is 12.4. The van der Waals surface area contributed by atoms with Crippen LogP contribution in [0.3, 0.4) is 0 Å². The molecule has 0 spiro atoms. The topological polar surface area (TPSA) is 52.6 Å². The van der Waals surface area contributed by atoms with E-state index in [1.807, 2.05) is 48.5 Å². The van der Waals surface area contributed by atoms with Gasteiger partial charge in [-0.05, 0) is 60.7 Å². The standard InChI is InChI=1S/C21H26N2O2/c1-15(2)16-3-7-18(8-4-16)22-21(25)17-5-9-19(10-6-17)23-13-11-20(24)12-14-23/h3-10,15,20,24H,11-14H2,1-2H3,(H,22,25). The SMILES string of the molecule is CC(C)c1ccc(NC(=O)c2ccc(N3CCC(O)CC3)cc2)cc1. The van der Waals surface area contributed by atoms with Crippen LogP contribution in [0.2, 0.25) is 0 Å². The molecular weight excluding hydrogens is 312 g/mol. The van der Waals surface area contributed by atoms with Crippen molar-refractivity contribution in [2.24, 2.45) is 0 Å². The fourth-order valence-corrected chi connectivity index (χ4v) is 3.10. The van der Waals surface area contributed by atoms with Crippen LogP contribution in [0.4, 0.5) is 11.4 Å². The molecule has 1 saturated heterocycles. The molecule has 0 radical (unpaired) electrons. The van der Waals surface area contributed by atoms with Gasteiger partial charge in [0.25, 0.3) is 5.91 Å². The van der Waals surface area contributed by atoms with Crippen molar-refractivity contribution in [1.82, 2.24) is 0 Å². The summed E-state index contributed by atoms with van der Waals surface area (Å²) in [5.41, 5.74) is 3.82. The highest BCUT2D eigenvalue weighted by Gasteiger charge is 2.17. The summed E-state index contributed by atoms with van der Waals surface area (Å²) in [6.07, 6.45) is 1.42. The van der Waals surface area contributed by atoms with E-state index in [4.69, 9.17) is 0 Å². The van der Waals surface area contributed by atoms with Gasteiger partial charge in [-0.3, -0.25) is 4.79 Å². The first-order chi connectivity index (χ1) is 12.0. The summed E-state index contributed by atoms with van der Waals surface area (Å²) in [5.74, 6) is 0.381. The molecule has 1 heterocycles. The molecule has 3 rings (SSSR count). The second kappa shape index (κ2) is 7.70. The third-order valence-corrected chi connectivity index (χ3v) is 4.79. The van der Waals surface area contributed by atoms with Crippen molar-refractivity contribution in [3.05, 3.63) is 59.7 Å². The van der Waals surface area contributed by atoms with E-state index in [0.717, 1.165) is 37.3 Å². The van der Waals surface area contributed by atoms with Gasteiger partial charge in [-0.25, -0.2) is 0 Å². The zero-order valence-corrected chi connectivity index (χ0v) is 14.9. The molecule has 1 aliphatic rings. The van der Waals surface area contributed by atoms with E-state index in [9.17, 15) is 9.90 Å². The van der Waals surface area contributed by atoms with Crippen LogP contribution in [0.1, 0.15) is 48.5 Å². The monoisotopic (exact) mass is 338 g/mol. The van der Waals surface area contributed by atoms with Crippen LogP contribution in [-0.2, 0) is 0 Å². The van der Waals surface area contributed by atoms with Gasteiger partial charge in [-0.15, -0.1) is 0 Å². The molecule has 0 unspecified atom stereocenters. The number of rotatable bonds is 4. The number of carbonyl (C=O) groups excluding carboxylic acids is 1. The number of nitrogens with zero attached hydrogens (tertiary/aromatic N) is 1. The van der Waals surface area contributed by atoms with Crippen molar-refractivity contribution in [3.63, 3.8) is 0 Å². The molecule has 2 N–H and O–H groups in total. The first-order valence-corrected chi connectivity index (χ1v) is 8.97. The largest absolute Gasteiger partial charge is 0.393 e. The van der Waals surface area contributed by atoms with E-state index < -0.39 is 0 Å². The summed E-state index contributed by atoms with van der Waals surface area (Å²) in [6.45, 7) is 6.01. The molecular formula is C21H26N2O2. The lowest BCUT2D eigenvalue weighted by atomic mass is 10.0. The van der Waals surface area contributed by atoms with Gasteiger partial charge in [-0.2, -0.15) is 0 Å². The minimum absolute atomic E-state index is 0.0992. The van der Waals surface area contributed by atoms with E-state index in [0.29, 0.717) is 11.5 Å². The molecule has 0 aromatic heterocycles. The number of nitrogens with one attached hydrogen (secondary N) is 1. The number of anilines is 2. The van der Waals surface area contributed by atoms with E-state index in [2.05, 4.69) is 24.1 Å². The Morgan fingerprint density at radius 1 is 1.04 bits per heavy atom. The Bertz CT molecular complexity index is 700. The van der Waals surface area contributed by atoms with Crippen molar-refractivity contribution in [2.45, 2.75) is 38.7 Å². The maximum atomic E-state index is 12.4. The summed E-state index contributed by atoms with van der Waals surface area (Å²) in [7, 11) is 0. The van der Waals surface area contributed by atoms with Gasteiger partial charge in [0, 0.05) is 30.0 Å². The van der Waals surface area contributed by atoms with Gasteiger partial charge in [0.05, 0.1) is 6.10 Å². The van der Waals surface area contributed by atoms with Gasteiger partial charge in [0.2, 0.25) is 0 Å². The van der Waals surface area contributed by atoms with E-state index in [1.165, 1.54) is 5.56 Å². The Labute approximate surface area is 149 Å². The molecule has 1 aliphatic heterocycles. The third kappa shape index (κ3) is 4.40. The highest BCUT2D eigenvalue weighted by molar-refractivity contribution is 6.04. The predicted molar refractivity (Wildman–Crippen MR) is 102 cm³/mol. The zero-order chi connectivity index (χ0) is 17.8. The highest BCUT2D eigenvalue weighted by atomic mass is 16.3. The Morgan fingerprint density at radius 2 is 1.64 bits per heavy atom. The molecule has 1 fully saturated rings. The number of hydrogen-bond acceptors (Lipinski definition) is 3. The number of hydrogen-bond donors (Lipinski definition) is 2. The Morgan fingerprint density at radius 3 is 2.20 bits per heavy atom. The average molecular weight is 338 g/mol. The predicted octanol–water partition coefficient (Wildman–Crippen LogP) is 4.02. The number of benzene rings is 2. The summed E-state index contributed by atoms with van der Waals surface area (Å²) >= 11 is 0. The van der Waals surface area contributed by atoms with Crippen molar-refractivity contribution < 1.29 is 9.90 Å². The number of carbonyl (C=O) groups is 1. The number of aliphatic hydroxyl groups excluding tert-OH is 1. The van der Waals surface area contributed by atoms with Gasteiger partial charge in [0.1, 0.15) is 0 Å². The van der Waals surface area contributed by atoms with Crippen molar-refractivity contribution in [2.75, 3.05) is 23.3 Å².